The Kier molecular flexibility index (Phi) is 4.44. The number of hydrogen-bond acceptors (Lipinski definition) is 8. The number of aliphatic hydroxyl groups is 1. The second-order valence-corrected chi connectivity index (χ2v) is 6.46. The minimum Gasteiger partial charge on any atom is -0.371 e. The molecule has 3 heterocycles. The molecule has 0 fully saturated rings. The van der Waals surface area contributed by atoms with E-state index in [1.54, 1.807) is 31.2 Å². The molecule has 0 saturated carbocycles. The third-order valence-corrected chi connectivity index (χ3v) is 4.17. The summed E-state index contributed by atoms with van der Waals surface area (Å²) in [6.45, 7) is 2.36. The molecule has 4 aromatic rings. The molecular formula is C19H16FN7O2. The van der Waals surface area contributed by atoms with Crippen molar-refractivity contribution in [2.75, 3.05) is 5.73 Å². The summed E-state index contributed by atoms with van der Waals surface area (Å²) in [6, 6.07) is 6.78. The summed E-state index contributed by atoms with van der Waals surface area (Å²) in [6.07, 6.45) is 1.49. The van der Waals surface area contributed by atoms with Crippen LogP contribution < -0.4 is 5.73 Å². The first-order valence-corrected chi connectivity index (χ1v) is 8.60. The maximum absolute atomic E-state index is 13.4. The number of hydrogen-bond donors (Lipinski definition) is 2. The van der Waals surface area contributed by atoms with Crippen molar-refractivity contribution < 1.29 is 14.0 Å². The second kappa shape index (κ2) is 6.96. The van der Waals surface area contributed by atoms with Crippen molar-refractivity contribution >= 4 is 16.9 Å². The van der Waals surface area contributed by atoms with E-state index in [0.717, 1.165) is 0 Å². The van der Waals surface area contributed by atoms with Gasteiger partial charge < -0.3 is 15.4 Å². The molecule has 146 valence electrons. The number of alkyl halides is 1. The van der Waals surface area contributed by atoms with Crippen molar-refractivity contribution in [1.82, 2.24) is 29.9 Å². The Balaban J connectivity index is 1.79. The van der Waals surface area contributed by atoms with E-state index in [9.17, 15) is 9.50 Å². The predicted octanol–water partition coefficient (Wildman–Crippen LogP) is 1.82. The minimum absolute atomic E-state index is 0.0739. The first-order chi connectivity index (χ1) is 13.9. The molecule has 3 aromatic heterocycles. The third kappa shape index (κ3) is 3.51. The van der Waals surface area contributed by atoms with Crippen LogP contribution in [0.4, 0.5) is 10.3 Å². The maximum atomic E-state index is 13.4. The van der Waals surface area contributed by atoms with Gasteiger partial charge in [-0.05, 0) is 25.1 Å². The van der Waals surface area contributed by atoms with Crippen LogP contribution in [-0.4, -0.2) is 35.0 Å². The van der Waals surface area contributed by atoms with Gasteiger partial charge in [0.05, 0.1) is 5.52 Å². The Morgan fingerprint density at radius 1 is 1.31 bits per heavy atom. The molecule has 3 N–H and O–H groups in total. The molecule has 1 aromatic carbocycles. The average molecular weight is 393 g/mol. The molecule has 1 unspecified atom stereocenters. The quantitative estimate of drug-likeness (QED) is 0.504. The first kappa shape index (κ1) is 18.5. The standard InChI is InChI=1S/C19H16FN7O2/c1-11-23-17(26-29-11)19(2,28)7-5-12-3-4-13-14(10-20)25-27(15(13)9-12)16-6-8-22-18(21)24-16/h3-4,6,8-9,28H,10H2,1-2H3,(H2,21,22,24). The van der Waals surface area contributed by atoms with E-state index in [0.29, 0.717) is 28.2 Å². The molecule has 0 aliphatic carbocycles. The summed E-state index contributed by atoms with van der Waals surface area (Å²) < 4.78 is 19.8. The average Bonchev–Trinajstić information content (AvgIpc) is 3.30. The van der Waals surface area contributed by atoms with Crippen molar-refractivity contribution in [3.63, 3.8) is 0 Å². The van der Waals surface area contributed by atoms with Gasteiger partial charge in [0.1, 0.15) is 12.4 Å². The predicted molar refractivity (Wildman–Crippen MR) is 101 cm³/mol. The zero-order valence-electron chi connectivity index (χ0n) is 15.6. The maximum Gasteiger partial charge on any atom is 0.223 e. The van der Waals surface area contributed by atoms with Gasteiger partial charge in [-0.3, -0.25) is 0 Å². The fraction of sp³-hybridized carbons (Fsp3) is 0.211. The molecule has 1 atom stereocenters. The zero-order chi connectivity index (χ0) is 20.6. The summed E-state index contributed by atoms with van der Waals surface area (Å²) >= 11 is 0. The van der Waals surface area contributed by atoms with Crippen LogP contribution in [0.3, 0.4) is 0 Å². The molecule has 10 heteroatoms. The van der Waals surface area contributed by atoms with E-state index < -0.39 is 12.3 Å². The molecule has 4 rings (SSSR count). The molecule has 29 heavy (non-hydrogen) atoms. The van der Waals surface area contributed by atoms with Gasteiger partial charge in [-0.2, -0.15) is 15.1 Å². The lowest BCUT2D eigenvalue weighted by atomic mass is 10.1. The molecule has 0 spiro atoms. The van der Waals surface area contributed by atoms with Gasteiger partial charge >= 0.3 is 0 Å². The number of aryl methyl sites for hydroxylation is 1. The minimum atomic E-state index is -1.60. The lowest BCUT2D eigenvalue weighted by Crippen LogP contribution is -2.20. The Hall–Kier alpha value is -3.84. The summed E-state index contributed by atoms with van der Waals surface area (Å²) in [7, 11) is 0. The topological polar surface area (TPSA) is 129 Å². The number of nitrogens with two attached hydrogens (primary N) is 1. The molecule has 0 saturated heterocycles. The number of aromatic nitrogens is 6. The zero-order valence-corrected chi connectivity index (χ0v) is 15.6. The number of fused-ring (bicyclic) bond motifs is 1. The van der Waals surface area contributed by atoms with Crippen molar-refractivity contribution in [1.29, 1.82) is 0 Å². The van der Waals surface area contributed by atoms with Gasteiger partial charge in [-0.1, -0.05) is 17.0 Å². The molecular weight excluding hydrogens is 377 g/mol. The van der Waals surface area contributed by atoms with Crippen LogP contribution in [-0.2, 0) is 12.3 Å². The van der Waals surface area contributed by atoms with E-state index in [4.69, 9.17) is 10.3 Å². The summed E-state index contributed by atoms with van der Waals surface area (Å²) in [5, 5.41) is 19.1. The van der Waals surface area contributed by atoms with Crippen LogP contribution in [0.25, 0.3) is 16.7 Å². The van der Waals surface area contributed by atoms with Gasteiger partial charge in [-0.15, -0.1) is 0 Å². The summed E-state index contributed by atoms with van der Waals surface area (Å²) in [5.41, 5.74) is 5.50. The molecule has 9 nitrogen and oxygen atoms in total. The van der Waals surface area contributed by atoms with Crippen LogP contribution in [0.5, 0.6) is 0 Å². The number of anilines is 1. The van der Waals surface area contributed by atoms with E-state index in [-0.39, 0.29) is 17.5 Å². The largest absolute Gasteiger partial charge is 0.371 e. The Bertz CT molecular complexity index is 1270. The summed E-state index contributed by atoms with van der Waals surface area (Å²) in [5.74, 6) is 6.50. The number of nitrogens with zero attached hydrogens (tertiary/aromatic N) is 6. The Morgan fingerprint density at radius 2 is 2.14 bits per heavy atom. The smallest absolute Gasteiger partial charge is 0.223 e. The molecule has 0 aliphatic rings. The van der Waals surface area contributed by atoms with Crippen LogP contribution in [0.1, 0.15) is 29.9 Å². The number of nitrogen functional groups attached to an aromatic ring is 1. The monoisotopic (exact) mass is 393 g/mol. The lowest BCUT2D eigenvalue weighted by Gasteiger charge is -2.10. The first-order valence-electron chi connectivity index (χ1n) is 8.60. The van der Waals surface area contributed by atoms with Crippen molar-refractivity contribution in [2.45, 2.75) is 26.1 Å². The summed E-state index contributed by atoms with van der Waals surface area (Å²) in [4.78, 5) is 12.0. The fourth-order valence-electron chi connectivity index (χ4n) is 2.76. The van der Waals surface area contributed by atoms with Crippen LogP contribution in [0, 0.1) is 18.8 Å². The lowest BCUT2D eigenvalue weighted by molar-refractivity contribution is 0.108. The van der Waals surface area contributed by atoms with E-state index in [1.807, 2.05) is 0 Å². The normalized spacial score (nSPS) is 13.1. The highest BCUT2D eigenvalue weighted by Crippen LogP contribution is 2.24. The van der Waals surface area contributed by atoms with Gasteiger partial charge in [0.25, 0.3) is 0 Å². The highest BCUT2D eigenvalue weighted by atomic mass is 19.1. The molecule has 0 amide bonds. The van der Waals surface area contributed by atoms with Crippen LogP contribution in [0.15, 0.2) is 35.0 Å². The van der Waals surface area contributed by atoms with Gasteiger partial charge in [0.2, 0.25) is 17.7 Å². The molecule has 0 aliphatic heterocycles. The van der Waals surface area contributed by atoms with Crippen LogP contribution >= 0.6 is 0 Å². The van der Waals surface area contributed by atoms with Gasteiger partial charge in [-0.25, -0.2) is 14.1 Å². The molecule has 0 bridgehead atoms. The highest BCUT2D eigenvalue weighted by molar-refractivity contribution is 5.84. The van der Waals surface area contributed by atoms with E-state index in [2.05, 4.69) is 37.0 Å². The van der Waals surface area contributed by atoms with Gasteiger partial charge in [0.15, 0.2) is 11.4 Å². The Morgan fingerprint density at radius 3 is 2.83 bits per heavy atom. The second-order valence-electron chi connectivity index (χ2n) is 6.46. The van der Waals surface area contributed by atoms with E-state index >= 15 is 0 Å². The van der Waals surface area contributed by atoms with Crippen LogP contribution in [0.2, 0.25) is 0 Å². The van der Waals surface area contributed by atoms with Crippen molar-refractivity contribution in [3.05, 3.63) is 53.4 Å². The van der Waals surface area contributed by atoms with Crippen molar-refractivity contribution in [2.24, 2.45) is 0 Å². The fourth-order valence-corrected chi connectivity index (χ4v) is 2.76. The third-order valence-electron chi connectivity index (χ3n) is 4.17. The Labute approximate surface area is 164 Å². The van der Waals surface area contributed by atoms with Crippen molar-refractivity contribution in [3.8, 4) is 17.7 Å². The number of benzene rings is 1. The SMILES string of the molecule is Cc1nc(C(C)(O)C#Cc2ccc3c(CF)nn(-c4ccnc(N)n4)c3c2)no1. The number of rotatable bonds is 3. The highest BCUT2D eigenvalue weighted by Gasteiger charge is 2.26. The molecule has 0 radical (unpaired) electrons. The number of halogens is 1. The van der Waals surface area contributed by atoms with E-state index in [1.165, 1.54) is 17.8 Å². The van der Waals surface area contributed by atoms with Gasteiger partial charge in [0, 0.05) is 30.1 Å².